The average Bonchev–Trinajstić information content (AvgIpc) is 3.07. The fourth-order valence-electron chi connectivity index (χ4n) is 2.77. The summed E-state index contributed by atoms with van der Waals surface area (Å²) in [5.74, 6) is -0.416. The highest BCUT2D eigenvalue weighted by atomic mass is 79.9. The maximum absolute atomic E-state index is 12.9. The molecule has 2 amide bonds. The van der Waals surface area contributed by atoms with Gasteiger partial charge in [-0.1, -0.05) is 12.1 Å². The molecular formula is C18H13BrN4O2. The normalized spacial score (nSPS) is 13.3. The molecular weight excluding hydrogens is 384 g/mol. The standard InChI is InChI=1S/C18H13BrN4O2/c19-13-9-20-23(10-13)14-7-5-12(6-8-14)18(25)22-11-17(24)21-15-3-1-2-4-16(15)22/h1-10H,11H2,(H,21,24). The van der Waals surface area contributed by atoms with Crippen molar-refractivity contribution in [1.82, 2.24) is 9.78 Å². The number of aromatic nitrogens is 2. The number of hydrogen-bond acceptors (Lipinski definition) is 3. The van der Waals surface area contributed by atoms with Crippen molar-refractivity contribution in [3.05, 3.63) is 71.0 Å². The van der Waals surface area contributed by atoms with Gasteiger partial charge < -0.3 is 5.32 Å². The molecule has 7 heteroatoms. The van der Waals surface area contributed by atoms with Crippen LogP contribution in [0.3, 0.4) is 0 Å². The number of nitrogens with one attached hydrogen (secondary N) is 1. The van der Waals surface area contributed by atoms with Gasteiger partial charge in [-0.25, -0.2) is 4.68 Å². The number of halogens is 1. The molecule has 4 rings (SSSR count). The summed E-state index contributed by atoms with van der Waals surface area (Å²) >= 11 is 3.36. The minimum Gasteiger partial charge on any atom is -0.323 e. The van der Waals surface area contributed by atoms with Crippen LogP contribution in [0.2, 0.25) is 0 Å². The average molecular weight is 397 g/mol. The summed E-state index contributed by atoms with van der Waals surface area (Å²) in [7, 11) is 0. The lowest BCUT2D eigenvalue weighted by molar-refractivity contribution is -0.115. The third kappa shape index (κ3) is 2.94. The Morgan fingerprint density at radius 2 is 1.88 bits per heavy atom. The van der Waals surface area contributed by atoms with Crippen LogP contribution in [0.15, 0.2) is 65.4 Å². The van der Waals surface area contributed by atoms with Crippen molar-refractivity contribution < 1.29 is 9.59 Å². The molecule has 0 spiro atoms. The van der Waals surface area contributed by atoms with E-state index in [1.165, 1.54) is 4.90 Å². The monoisotopic (exact) mass is 396 g/mol. The molecule has 0 saturated heterocycles. The summed E-state index contributed by atoms with van der Waals surface area (Å²) in [6.45, 7) is 0.00367. The third-order valence-corrected chi connectivity index (χ3v) is 4.36. The molecule has 1 aliphatic heterocycles. The van der Waals surface area contributed by atoms with Gasteiger partial charge in [0.2, 0.25) is 5.91 Å². The number of carbonyl (C=O) groups excluding carboxylic acids is 2. The Kier molecular flexibility index (Phi) is 3.85. The van der Waals surface area contributed by atoms with Crippen molar-refractivity contribution in [3.63, 3.8) is 0 Å². The number of rotatable bonds is 2. The Labute approximate surface area is 152 Å². The molecule has 1 N–H and O–H groups in total. The van der Waals surface area contributed by atoms with Gasteiger partial charge in [0.25, 0.3) is 5.91 Å². The highest BCUT2D eigenvalue weighted by molar-refractivity contribution is 9.10. The van der Waals surface area contributed by atoms with E-state index >= 15 is 0 Å². The van der Waals surface area contributed by atoms with Crippen molar-refractivity contribution in [2.75, 3.05) is 16.8 Å². The molecule has 6 nitrogen and oxygen atoms in total. The lowest BCUT2D eigenvalue weighted by Crippen LogP contribution is -2.42. The zero-order chi connectivity index (χ0) is 17.4. The van der Waals surface area contributed by atoms with Gasteiger partial charge in [0.15, 0.2) is 0 Å². The fraction of sp³-hybridized carbons (Fsp3) is 0.0556. The minimum atomic E-state index is -0.213. The summed E-state index contributed by atoms with van der Waals surface area (Å²) in [6, 6.07) is 14.4. The van der Waals surface area contributed by atoms with Crippen molar-refractivity contribution in [2.45, 2.75) is 0 Å². The van der Waals surface area contributed by atoms with Gasteiger partial charge in [0.1, 0.15) is 6.54 Å². The van der Waals surface area contributed by atoms with Crippen LogP contribution < -0.4 is 10.2 Å². The maximum atomic E-state index is 12.9. The number of anilines is 2. The number of fused-ring (bicyclic) bond motifs is 1. The number of carbonyl (C=O) groups is 2. The van der Waals surface area contributed by atoms with Gasteiger partial charge in [0, 0.05) is 11.8 Å². The van der Waals surface area contributed by atoms with E-state index in [1.54, 1.807) is 29.1 Å². The number of benzene rings is 2. The first-order valence-corrected chi connectivity index (χ1v) is 8.42. The molecule has 0 bridgehead atoms. The molecule has 2 aromatic carbocycles. The second-order valence-corrected chi connectivity index (χ2v) is 6.52. The molecule has 0 radical (unpaired) electrons. The largest absolute Gasteiger partial charge is 0.323 e. The molecule has 124 valence electrons. The highest BCUT2D eigenvalue weighted by Gasteiger charge is 2.27. The van der Waals surface area contributed by atoms with E-state index < -0.39 is 0 Å². The Morgan fingerprint density at radius 1 is 1.12 bits per heavy atom. The number of hydrogen-bond donors (Lipinski definition) is 1. The van der Waals surface area contributed by atoms with E-state index in [1.807, 2.05) is 36.5 Å². The topological polar surface area (TPSA) is 67.2 Å². The summed E-state index contributed by atoms with van der Waals surface area (Å²) < 4.78 is 2.59. The van der Waals surface area contributed by atoms with Crippen LogP contribution in [0, 0.1) is 0 Å². The van der Waals surface area contributed by atoms with E-state index in [2.05, 4.69) is 26.3 Å². The van der Waals surface area contributed by atoms with Gasteiger partial charge in [0.05, 0.1) is 27.7 Å². The first-order valence-electron chi connectivity index (χ1n) is 7.63. The molecule has 25 heavy (non-hydrogen) atoms. The summed E-state index contributed by atoms with van der Waals surface area (Å²) in [5.41, 5.74) is 2.70. The van der Waals surface area contributed by atoms with Crippen LogP contribution >= 0.6 is 15.9 Å². The summed E-state index contributed by atoms with van der Waals surface area (Å²) in [6.07, 6.45) is 3.53. The Bertz CT molecular complexity index is 965. The van der Waals surface area contributed by atoms with E-state index in [-0.39, 0.29) is 18.4 Å². The highest BCUT2D eigenvalue weighted by Crippen LogP contribution is 2.30. The molecule has 1 aliphatic rings. The van der Waals surface area contributed by atoms with Crippen LogP contribution in [-0.4, -0.2) is 28.1 Å². The second-order valence-electron chi connectivity index (χ2n) is 5.61. The van der Waals surface area contributed by atoms with E-state index in [0.29, 0.717) is 16.9 Å². The molecule has 0 saturated carbocycles. The smallest absolute Gasteiger partial charge is 0.258 e. The Hall–Kier alpha value is -2.93. The van der Waals surface area contributed by atoms with Gasteiger partial charge in [-0.2, -0.15) is 5.10 Å². The van der Waals surface area contributed by atoms with E-state index in [0.717, 1.165) is 10.2 Å². The molecule has 3 aromatic rings. The number of nitrogens with zero attached hydrogens (tertiary/aromatic N) is 3. The van der Waals surface area contributed by atoms with Crippen molar-refractivity contribution in [1.29, 1.82) is 0 Å². The van der Waals surface area contributed by atoms with Gasteiger partial charge in [-0.3, -0.25) is 14.5 Å². The van der Waals surface area contributed by atoms with Crippen LogP contribution in [0.25, 0.3) is 5.69 Å². The second kappa shape index (κ2) is 6.18. The quantitative estimate of drug-likeness (QED) is 0.722. The third-order valence-electron chi connectivity index (χ3n) is 3.95. The zero-order valence-corrected chi connectivity index (χ0v) is 14.6. The lowest BCUT2D eigenvalue weighted by atomic mass is 10.1. The van der Waals surface area contributed by atoms with Crippen LogP contribution in [0.5, 0.6) is 0 Å². The van der Waals surface area contributed by atoms with Gasteiger partial charge >= 0.3 is 0 Å². The van der Waals surface area contributed by atoms with E-state index in [9.17, 15) is 9.59 Å². The van der Waals surface area contributed by atoms with Crippen LogP contribution in [-0.2, 0) is 4.79 Å². The number of amides is 2. The van der Waals surface area contributed by atoms with Crippen LogP contribution in [0.1, 0.15) is 10.4 Å². The lowest BCUT2D eigenvalue weighted by Gasteiger charge is -2.29. The molecule has 2 heterocycles. The molecule has 1 aromatic heterocycles. The summed E-state index contributed by atoms with van der Waals surface area (Å²) in [4.78, 5) is 26.3. The van der Waals surface area contributed by atoms with Gasteiger partial charge in [-0.15, -0.1) is 0 Å². The fourth-order valence-corrected chi connectivity index (χ4v) is 3.05. The predicted molar refractivity (Wildman–Crippen MR) is 98.0 cm³/mol. The van der Waals surface area contributed by atoms with Crippen molar-refractivity contribution in [3.8, 4) is 5.69 Å². The van der Waals surface area contributed by atoms with E-state index in [4.69, 9.17) is 0 Å². The first kappa shape index (κ1) is 15.6. The number of para-hydroxylation sites is 2. The van der Waals surface area contributed by atoms with Crippen molar-refractivity contribution >= 4 is 39.1 Å². The Morgan fingerprint density at radius 3 is 2.60 bits per heavy atom. The van der Waals surface area contributed by atoms with Crippen molar-refractivity contribution in [2.24, 2.45) is 0 Å². The Balaban J connectivity index is 1.64. The molecule has 0 fully saturated rings. The molecule has 0 unspecified atom stereocenters. The van der Waals surface area contributed by atoms with Gasteiger partial charge in [-0.05, 0) is 52.3 Å². The SMILES string of the molecule is O=C1CN(C(=O)c2ccc(-n3cc(Br)cn3)cc2)c2ccccc2N1. The maximum Gasteiger partial charge on any atom is 0.258 e. The first-order chi connectivity index (χ1) is 12.1. The zero-order valence-electron chi connectivity index (χ0n) is 13.0. The van der Waals surface area contributed by atoms with Crippen LogP contribution in [0.4, 0.5) is 11.4 Å². The minimum absolute atomic E-state index is 0.00367. The predicted octanol–water partition coefficient (Wildman–Crippen LogP) is 3.23. The molecule has 0 atom stereocenters. The summed E-state index contributed by atoms with van der Waals surface area (Å²) in [5, 5.41) is 6.99. The molecule has 0 aliphatic carbocycles.